The van der Waals surface area contributed by atoms with Gasteiger partial charge in [0.05, 0.1) is 0 Å². The molecule has 1 aromatic rings. The quantitative estimate of drug-likeness (QED) is 0.770. The van der Waals surface area contributed by atoms with Crippen molar-refractivity contribution in [3.05, 3.63) is 23.5 Å². The molecule has 1 aliphatic carbocycles. The number of nitrogens with zero attached hydrogens (tertiary/aromatic N) is 1. The SMILES string of the molecule is CC(C)CCC(C)n1ccc2c1CCCC2=O. The molecule has 0 bridgehead atoms. The Morgan fingerprint density at radius 1 is 1.24 bits per heavy atom. The van der Waals surface area contributed by atoms with Gasteiger partial charge in [-0.3, -0.25) is 4.79 Å². The zero-order chi connectivity index (χ0) is 12.4. The van der Waals surface area contributed by atoms with Crippen molar-refractivity contribution >= 4 is 5.78 Å². The van der Waals surface area contributed by atoms with E-state index in [1.807, 2.05) is 6.07 Å². The first-order valence-corrected chi connectivity index (χ1v) is 6.82. The first-order valence-electron chi connectivity index (χ1n) is 6.82. The minimum atomic E-state index is 0.334. The number of carbonyl (C=O) groups excluding carboxylic acids is 1. The van der Waals surface area contributed by atoms with E-state index < -0.39 is 0 Å². The fourth-order valence-corrected chi connectivity index (χ4v) is 2.68. The number of aromatic nitrogens is 1. The van der Waals surface area contributed by atoms with Gasteiger partial charge in [-0.1, -0.05) is 13.8 Å². The second-order valence-electron chi connectivity index (χ2n) is 5.68. The normalized spacial score (nSPS) is 17.3. The highest BCUT2D eigenvalue weighted by atomic mass is 16.1. The van der Waals surface area contributed by atoms with Crippen LogP contribution in [0.1, 0.15) is 68.5 Å². The maximum absolute atomic E-state index is 11.8. The highest BCUT2D eigenvalue weighted by Crippen LogP contribution is 2.27. The summed E-state index contributed by atoms with van der Waals surface area (Å²) in [5.74, 6) is 1.09. The Bertz CT molecular complexity index is 403. The maximum Gasteiger partial charge on any atom is 0.164 e. The van der Waals surface area contributed by atoms with Gasteiger partial charge in [-0.2, -0.15) is 0 Å². The lowest BCUT2D eigenvalue weighted by atomic mass is 9.96. The molecule has 0 aromatic carbocycles. The Labute approximate surface area is 104 Å². The minimum absolute atomic E-state index is 0.334. The summed E-state index contributed by atoms with van der Waals surface area (Å²) in [6.45, 7) is 6.80. The van der Waals surface area contributed by atoms with Crippen molar-refractivity contribution in [3.63, 3.8) is 0 Å². The molecule has 1 heterocycles. The number of rotatable bonds is 4. The molecule has 1 aromatic heterocycles. The van der Waals surface area contributed by atoms with E-state index in [9.17, 15) is 4.79 Å². The van der Waals surface area contributed by atoms with Gasteiger partial charge < -0.3 is 4.57 Å². The summed E-state index contributed by atoms with van der Waals surface area (Å²) >= 11 is 0. The molecule has 0 spiro atoms. The lowest BCUT2D eigenvalue weighted by Crippen LogP contribution is -2.15. The van der Waals surface area contributed by atoms with Gasteiger partial charge in [0.15, 0.2) is 5.78 Å². The van der Waals surface area contributed by atoms with Crippen LogP contribution in [0.5, 0.6) is 0 Å². The van der Waals surface area contributed by atoms with Gasteiger partial charge in [0.1, 0.15) is 0 Å². The molecule has 0 N–H and O–H groups in total. The van der Waals surface area contributed by atoms with Gasteiger partial charge in [0.25, 0.3) is 0 Å². The highest BCUT2D eigenvalue weighted by molar-refractivity contribution is 5.98. The lowest BCUT2D eigenvalue weighted by molar-refractivity contribution is 0.0971. The van der Waals surface area contributed by atoms with E-state index in [4.69, 9.17) is 0 Å². The summed E-state index contributed by atoms with van der Waals surface area (Å²) in [6.07, 6.45) is 7.39. The molecule has 2 heteroatoms. The maximum atomic E-state index is 11.8. The van der Waals surface area contributed by atoms with E-state index in [0.29, 0.717) is 11.8 Å². The Kier molecular flexibility index (Phi) is 3.70. The standard InChI is InChI=1S/C15H23NO/c1-11(2)7-8-12(3)16-10-9-13-14(16)5-4-6-15(13)17/h9-12H,4-8H2,1-3H3. The highest BCUT2D eigenvalue weighted by Gasteiger charge is 2.22. The molecule has 1 aliphatic rings. The van der Waals surface area contributed by atoms with Crippen LogP contribution in [0, 0.1) is 5.92 Å². The van der Waals surface area contributed by atoms with Gasteiger partial charge >= 0.3 is 0 Å². The second kappa shape index (κ2) is 5.07. The van der Waals surface area contributed by atoms with Crippen molar-refractivity contribution in [2.45, 2.75) is 58.9 Å². The number of carbonyl (C=O) groups is 1. The Hall–Kier alpha value is -1.05. The molecular formula is C15H23NO. The predicted molar refractivity (Wildman–Crippen MR) is 70.5 cm³/mol. The van der Waals surface area contributed by atoms with Gasteiger partial charge in [-0.25, -0.2) is 0 Å². The first kappa shape index (κ1) is 12.4. The average molecular weight is 233 g/mol. The third-order valence-corrected chi connectivity index (χ3v) is 3.78. The molecule has 17 heavy (non-hydrogen) atoms. The molecule has 94 valence electrons. The van der Waals surface area contributed by atoms with Crippen molar-refractivity contribution in [1.29, 1.82) is 0 Å². The Morgan fingerprint density at radius 3 is 2.71 bits per heavy atom. The summed E-state index contributed by atoms with van der Waals surface area (Å²) in [4.78, 5) is 11.8. The van der Waals surface area contributed by atoms with Gasteiger partial charge in [-0.15, -0.1) is 0 Å². The van der Waals surface area contributed by atoms with Crippen molar-refractivity contribution < 1.29 is 4.79 Å². The van der Waals surface area contributed by atoms with Crippen molar-refractivity contribution in [2.24, 2.45) is 5.92 Å². The zero-order valence-corrected chi connectivity index (χ0v) is 11.2. The molecule has 2 rings (SSSR count). The summed E-state index contributed by atoms with van der Waals surface area (Å²) < 4.78 is 2.33. The molecule has 1 unspecified atom stereocenters. The molecule has 0 saturated carbocycles. The third-order valence-electron chi connectivity index (χ3n) is 3.78. The van der Waals surface area contributed by atoms with Crippen LogP contribution >= 0.6 is 0 Å². The van der Waals surface area contributed by atoms with Crippen LogP contribution in [0.2, 0.25) is 0 Å². The summed E-state index contributed by atoms with van der Waals surface area (Å²) in [6, 6.07) is 2.54. The predicted octanol–water partition coefficient (Wildman–Crippen LogP) is 4.00. The van der Waals surface area contributed by atoms with Crippen LogP contribution in [0.15, 0.2) is 12.3 Å². The molecular weight excluding hydrogens is 210 g/mol. The first-order chi connectivity index (χ1) is 8.09. The van der Waals surface area contributed by atoms with Gasteiger partial charge in [0, 0.05) is 29.9 Å². The fourth-order valence-electron chi connectivity index (χ4n) is 2.68. The van der Waals surface area contributed by atoms with Crippen LogP contribution < -0.4 is 0 Å². The fraction of sp³-hybridized carbons (Fsp3) is 0.667. The van der Waals surface area contributed by atoms with Crippen LogP contribution in [-0.4, -0.2) is 10.4 Å². The third kappa shape index (κ3) is 2.62. The van der Waals surface area contributed by atoms with E-state index in [2.05, 4.69) is 31.5 Å². The Balaban J connectivity index is 2.13. The second-order valence-corrected chi connectivity index (χ2v) is 5.68. The Morgan fingerprint density at radius 2 is 2.00 bits per heavy atom. The van der Waals surface area contributed by atoms with Gasteiger partial charge in [0.2, 0.25) is 0 Å². The van der Waals surface area contributed by atoms with E-state index in [0.717, 1.165) is 30.7 Å². The van der Waals surface area contributed by atoms with Gasteiger partial charge in [-0.05, 0) is 44.6 Å². The number of ketones is 1. The van der Waals surface area contributed by atoms with Crippen LogP contribution in [0.3, 0.4) is 0 Å². The zero-order valence-electron chi connectivity index (χ0n) is 11.2. The van der Waals surface area contributed by atoms with Crippen molar-refractivity contribution in [2.75, 3.05) is 0 Å². The number of fused-ring (bicyclic) bond motifs is 1. The minimum Gasteiger partial charge on any atom is -0.348 e. The van der Waals surface area contributed by atoms with E-state index in [1.165, 1.54) is 18.5 Å². The molecule has 0 aliphatic heterocycles. The molecule has 0 radical (unpaired) electrons. The molecule has 0 saturated heterocycles. The van der Waals surface area contributed by atoms with Crippen LogP contribution in [0.25, 0.3) is 0 Å². The summed E-state index contributed by atoms with van der Waals surface area (Å²) in [7, 11) is 0. The molecule has 0 amide bonds. The number of hydrogen-bond donors (Lipinski definition) is 0. The topological polar surface area (TPSA) is 22.0 Å². The van der Waals surface area contributed by atoms with E-state index >= 15 is 0 Å². The smallest absolute Gasteiger partial charge is 0.164 e. The lowest BCUT2D eigenvalue weighted by Gasteiger charge is -2.21. The molecule has 2 nitrogen and oxygen atoms in total. The van der Waals surface area contributed by atoms with E-state index in [1.54, 1.807) is 0 Å². The monoisotopic (exact) mass is 233 g/mol. The molecule has 0 fully saturated rings. The van der Waals surface area contributed by atoms with E-state index in [-0.39, 0.29) is 0 Å². The average Bonchev–Trinajstić information content (AvgIpc) is 2.71. The number of hydrogen-bond acceptors (Lipinski definition) is 1. The summed E-state index contributed by atoms with van der Waals surface area (Å²) in [5.41, 5.74) is 2.25. The van der Waals surface area contributed by atoms with Crippen LogP contribution in [-0.2, 0) is 6.42 Å². The van der Waals surface area contributed by atoms with Crippen molar-refractivity contribution in [1.82, 2.24) is 4.57 Å². The number of Topliss-reactive ketones (excluding diaryl/α,β-unsaturated/α-hetero) is 1. The largest absolute Gasteiger partial charge is 0.348 e. The molecule has 1 atom stereocenters. The summed E-state index contributed by atoms with van der Waals surface area (Å²) in [5, 5.41) is 0. The van der Waals surface area contributed by atoms with Crippen LogP contribution in [0.4, 0.5) is 0 Å². The van der Waals surface area contributed by atoms with Crippen molar-refractivity contribution in [3.8, 4) is 0 Å².